The molecule has 3 aromatic rings. The maximum atomic E-state index is 15.0. The van der Waals surface area contributed by atoms with E-state index in [0.717, 1.165) is 6.20 Å². The summed E-state index contributed by atoms with van der Waals surface area (Å²) in [4.78, 5) is 32.6. The van der Waals surface area contributed by atoms with Crippen LogP contribution in [0.25, 0.3) is 4.85 Å². The Morgan fingerprint density at radius 2 is 1.85 bits per heavy atom. The molecule has 0 radical (unpaired) electrons. The van der Waals surface area contributed by atoms with Crippen molar-refractivity contribution in [2.45, 2.75) is 43.1 Å². The van der Waals surface area contributed by atoms with E-state index in [1.807, 2.05) is 0 Å². The van der Waals surface area contributed by atoms with Gasteiger partial charge in [-0.25, -0.2) is 18.0 Å². The lowest BCUT2D eigenvalue weighted by Gasteiger charge is -2.30. The highest BCUT2D eigenvalue weighted by molar-refractivity contribution is 5.97. The van der Waals surface area contributed by atoms with Gasteiger partial charge >= 0.3 is 24.2 Å². The van der Waals surface area contributed by atoms with E-state index in [9.17, 15) is 35.9 Å². The zero-order valence-corrected chi connectivity index (χ0v) is 24.2. The van der Waals surface area contributed by atoms with Crippen LogP contribution in [0.1, 0.15) is 29.0 Å². The number of rotatable bonds is 11. The molecule has 0 spiro atoms. The molecule has 2 aromatic carbocycles. The second kappa shape index (κ2) is 15.5. The summed E-state index contributed by atoms with van der Waals surface area (Å²) in [6.45, 7) is 4.29. The highest BCUT2D eigenvalue weighted by Crippen LogP contribution is 2.32. The van der Waals surface area contributed by atoms with Crippen LogP contribution in [0.5, 0.6) is 0 Å². The Kier molecular flexibility index (Phi) is 11.6. The van der Waals surface area contributed by atoms with Crippen molar-refractivity contribution in [1.82, 2.24) is 15.6 Å². The average Bonchev–Trinajstić information content (AvgIpc) is 3.02. The number of carbonyl (C=O) groups excluding carboxylic acids is 2. The number of amides is 2. The number of carbonyl (C=O) groups is 2. The zero-order valence-electron chi connectivity index (χ0n) is 24.2. The summed E-state index contributed by atoms with van der Waals surface area (Å²) < 4.78 is 90.0. The van der Waals surface area contributed by atoms with Gasteiger partial charge in [0, 0.05) is 12.1 Å². The lowest BCUT2D eigenvalue weighted by atomic mass is 9.84. The van der Waals surface area contributed by atoms with Crippen LogP contribution in [-0.4, -0.2) is 67.7 Å². The second-order valence-corrected chi connectivity index (χ2v) is 10.5. The largest absolute Gasteiger partial charge is 0.448 e. The smallest absolute Gasteiger partial charge is 0.407 e. The number of hydrogen-bond donors (Lipinski definition) is 3. The van der Waals surface area contributed by atoms with E-state index in [-0.39, 0.29) is 37.4 Å². The monoisotopic (exact) mass is 650 g/mol. The van der Waals surface area contributed by atoms with Crippen molar-refractivity contribution < 1.29 is 45.4 Å². The van der Waals surface area contributed by atoms with E-state index in [1.54, 1.807) is 11.4 Å². The Balaban J connectivity index is 1.39. The summed E-state index contributed by atoms with van der Waals surface area (Å²) in [6.07, 6.45) is -3.54. The molecular formula is C31H30F6N5O4+. The molecule has 1 aliphatic rings. The normalized spacial score (nSPS) is 17.8. The van der Waals surface area contributed by atoms with Gasteiger partial charge in [-0.3, -0.25) is 9.78 Å². The summed E-state index contributed by atoms with van der Waals surface area (Å²) in [7, 11) is 0. The fraction of sp³-hybridized carbons (Fsp3) is 0.355. The third-order valence-corrected chi connectivity index (χ3v) is 7.18. The van der Waals surface area contributed by atoms with Crippen LogP contribution < -0.4 is 16.0 Å². The third kappa shape index (κ3) is 9.66. The van der Waals surface area contributed by atoms with E-state index in [4.69, 9.17) is 16.0 Å². The van der Waals surface area contributed by atoms with Crippen LogP contribution in [0, 0.1) is 24.0 Å². The highest BCUT2D eigenvalue weighted by Gasteiger charge is 2.40. The quantitative estimate of drug-likeness (QED) is 0.247. The number of hydrogen-bond acceptors (Lipinski definition) is 6. The molecule has 1 saturated heterocycles. The van der Waals surface area contributed by atoms with Gasteiger partial charge in [-0.1, -0.05) is 29.1 Å². The predicted octanol–water partition coefficient (Wildman–Crippen LogP) is 5.18. The second-order valence-electron chi connectivity index (χ2n) is 10.5. The van der Waals surface area contributed by atoms with Crippen LogP contribution >= 0.6 is 0 Å². The molecule has 2 amide bonds. The number of nitrogens with zero attached hydrogens (tertiary/aromatic N) is 2. The summed E-state index contributed by atoms with van der Waals surface area (Å²) in [6, 6.07) is 8.92. The van der Waals surface area contributed by atoms with Crippen molar-refractivity contribution in [3.8, 4) is 6.57 Å². The van der Waals surface area contributed by atoms with Crippen LogP contribution in [0.4, 0.5) is 36.8 Å². The molecule has 4 unspecified atom stereocenters. The van der Waals surface area contributed by atoms with Gasteiger partial charge in [-0.2, -0.15) is 13.2 Å². The van der Waals surface area contributed by atoms with Gasteiger partial charge in [0.25, 0.3) is 6.57 Å². The number of aromatic nitrogens is 1. The van der Waals surface area contributed by atoms with Crippen molar-refractivity contribution >= 4 is 17.7 Å². The SMILES string of the molecule is C#[N+]C(C(=O)Nc1cncc(F)c1CCC1CNC(COC(=O)NCC(F)(F)F)CO1)C(c1ccc(F)cc1)c1cccc(F)c1. The molecule has 0 aliphatic carbocycles. The molecule has 2 heterocycles. The van der Waals surface area contributed by atoms with Crippen molar-refractivity contribution in [3.63, 3.8) is 0 Å². The van der Waals surface area contributed by atoms with Crippen molar-refractivity contribution in [1.29, 1.82) is 0 Å². The molecule has 3 N–H and O–H groups in total. The van der Waals surface area contributed by atoms with E-state index >= 15 is 0 Å². The lowest BCUT2D eigenvalue weighted by molar-refractivity contribution is -0.124. The Morgan fingerprint density at radius 1 is 1.09 bits per heavy atom. The number of anilines is 1. The first-order chi connectivity index (χ1) is 21.9. The number of benzene rings is 2. The molecule has 0 saturated carbocycles. The molecule has 15 heteroatoms. The Hall–Kier alpha value is -4.68. The van der Waals surface area contributed by atoms with Gasteiger partial charge in [-0.15, -0.1) is 0 Å². The number of ether oxygens (including phenoxy) is 2. The molecule has 1 aromatic heterocycles. The standard InChI is InChI=1S/C31H29F6N5O4/c1-38-28(27(18-5-7-20(32)8-6-18)19-3-2-4-21(33)11-19)29(43)42-26-14-39-13-25(34)24(26)10-9-23-12-40-22(15-45-23)16-46-30(44)41-17-31(35,36)37/h1-8,11,13-14,22-23,27-28,40H,9-10,12,15-17H2,(H-,41,42,43,44)/p+1. The van der Waals surface area contributed by atoms with Crippen LogP contribution in [0.2, 0.25) is 0 Å². The molecule has 1 aliphatic heterocycles. The van der Waals surface area contributed by atoms with Crippen LogP contribution in [-0.2, 0) is 20.7 Å². The Bertz CT molecular complexity index is 1540. The number of halogens is 6. The molecule has 4 atom stereocenters. The summed E-state index contributed by atoms with van der Waals surface area (Å²) in [5.41, 5.74) is 0.965. The molecule has 9 nitrogen and oxygen atoms in total. The van der Waals surface area contributed by atoms with Gasteiger partial charge < -0.3 is 25.4 Å². The first kappa shape index (κ1) is 34.2. The Labute approximate surface area is 260 Å². The fourth-order valence-electron chi connectivity index (χ4n) is 4.93. The molecule has 0 bridgehead atoms. The van der Waals surface area contributed by atoms with E-state index in [2.05, 4.69) is 20.5 Å². The van der Waals surface area contributed by atoms with Gasteiger partial charge in [0.2, 0.25) is 0 Å². The summed E-state index contributed by atoms with van der Waals surface area (Å²) in [5, 5.41) is 7.29. The van der Waals surface area contributed by atoms with Crippen molar-refractivity contribution in [3.05, 3.63) is 99.9 Å². The van der Waals surface area contributed by atoms with Gasteiger partial charge in [0.05, 0.1) is 42.8 Å². The number of alkyl halides is 3. The minimum absolute atomic E-state index is 0.0515. The maximum Gasteiger partial charge on any atom is 0.407 e. The van der Waals surface area contributed by atoms with E-state index in [0.29, 0.717) is 17.5 Å². The minimum Gasteiger partial charge on any atom is -0.448 e. The first-order valence-corrected chi connectivity index (χ1v) is 14.1. The van der Waals surface area contributed by atoms with Crippen LogP contribution in [0.3, 0.4) is 0 Å². The average molecular weight is 651 g/mol. The molecule has 4 rings (SSSR count). The minimum atomic E-state index is -4.56. The van der Waals surface area contributed by atoms with E-state index < -0.39 is 66.3 Å². The summed E-state index contributed by atoms with van der Waals surface area (Å²) in [5.74, 6) is -3.44. The number of pyridine rings is 1. The number of nitrogens with one attached hydrogen (secondary N) is 3. The Morgan fingerprint density at radius 3 is 2.50 bits per heavy atom. The van der Waals surface area contributed by atoms with Crippen molar-refractivity contribution in [2.75, 3.05) is 31.6 Å². The number of alkyl carbamates (subject to hydrolysis) is 1. The van der Waals surface area contributed by atoms with E-state index in [1.165, 1.54) is 48.7 Å². The number of morpholine rings is 1. The first-order valence-electron chi connectivity index (χ1n) is 14.1. The fourth-order valence-corrected chi connectivity index (χ4v) is 4.93. The summed E-state index contributed by atoms with van der Waals surface area (Å²) >= 11 is 0. The zero-order chi connectivity index (χ0) is 33.3. The topological polar surface area (TPSA) is 106 Å². The third-order valence-electron chi connectivity index (χ3n) is 7.18. The van der Waals surface area contributed by atoms with Gasteiger partial charge in [0.15, 0.2) is 0 Å². The highest BCUT2D eigenvalue weighted by atomic mass is 19.4. The van der Waals surface area contributed by atoms with Gasteiger partial charge in [-0.05, 0) is 48.2 Å². The lowest BCUT2D eigenvalue weighted by Crippen LogP contribution is -2.49. The van der Waals surface area contributed by atoms with Crippen molar-refractivity contribution in [2.24, 2.45) is 0 Å². The van der Waals surface area contributed by atoms with Gasteiger partial charge in [0.1, 0.15) is 30.6 Å². The molecule has 244 valence electrons. The molecule has 46 heavy (non-hydrogen) atoms. The maximum absolute atomic E-state index is 15.0. The molecular weight excluding hydrogens is 620 g/mol. The predicted molar refractivity (Wildman–Crippen MR) is 155 cm³/mol. The van der Waals surface area contributed by atoms with Crippen LogP contribution in [0.15, 0.2) is 60.9 Å². The molecule has 1 fully saturated rings.